The van der Waals surface area contributed by atoms with E-state index in [1.165, 1.54) is 69.8 Å². The summed E-state index contributed by atoms with van der Waals surface area (Å²) < 4.78 is 261. The van der Waals surface area contributed by atoms with Crippen molar-refractivity contribution in [3.63, 3.8) is 0 Å². The number of hydrogen-bond acceptors (Lipinski definition) is 1. The molecular formula is C55H25F18N3. The molecule has 0 unspecified atom stereocenters. The zero-order valence-corrected chi connectivity index (χ0v) is 37.6. The Morgan fingerprint density at radius 3 is 1.09 bits per heavy atom. The lowest BCUT2D eigenvalue weighted by Crippen LogP contribution is -2.12. The van der Waals surface area contributed by atoms with Gasteiger partial charge in [-0.1, -0.05) is 72.8 Å². The predicted molar refractivity (Wildman–Crippen MR) is 246 cm³/mol. The summed E-state index contributed by atoms with van der Waals surface area (Å²) >= 11 is 0. The summed E-state index contributed by atoms with van der Waals surface area (Å²) in [7, 11) is 0. The largest absolute Gasteiger partial charge is 0.417 e. The van der Waals surface area contributed by atoms with Gasteiger partial charge in [0.05, 0.1) is 72.4 Å². The zero-order valence-electron chi connectivity index (χ0n) is 37.6. The molecule has 0 saturated heterocycles. The number of halogens is 18. The van der Waals surface area contributed by atoms with Crippen LogP contribution in [0.2, 0.25) is 0 Å². The molecule has 386 valence electrons. The highest BCUT2D eigenvalue weighted by Gasteiger charge is 2.41. The van der Waals surface area contributed by atoms with Crippen LogP contribution in [0, 0.1) is 11.3 Å². The Balaban J connectivity index is 1.33. The molecule has 0 bridgehead atoms. The van der Waals surface area contributed by atoms with Crippen LogP contribution < -0.4 is 0 Å². The first kappa shape index (κ1) is 51.1. The maximum atomic E-state index is 14.7. The third kappa shape index (κ3) is 8.88. The second kappa shape index (κ2) is 17.3. The average Bonchev–Trinajstić information content (AvgIpc) is 3.90. The lowest BCUT2D eigenvalue weighted by molar-refractivity contribution is -0.144. The Kier molecular flexibility index (Phi) is 11.6. The van der Waals surface area contributed by atoms with Crippen molar-refractivity contribution in [3.8, 4) is 50.8 Å². The fraction of sp³-hybridized carbons (Fsp3) is 0.109. The molecule has 0 radical (unpaired) electrons. The molecule has 0 amide bonds. The SMILES string of the molecule is N#Cc1cc(-n2c3ccccc3c3ccc(-c4ccc(C(F)(F)F)cc4C(F)(F)F)cc32)c(-c2cc(C(F)(F)F)cc(C(F)(F)F)c2)cc1-n1c2ccccc2c2ccc(-c3ccc(C(F)(F)F)cc3C(F)(F)F)cc21. The minimum atomic E-state index is -5.43. The molecule has 2 heterocycles. The molecular weight excluding hydrogens is 1040 g/mol. The molecule has 0 saturated carbocycles. The molecule has 0 aliphatic carbocycles. The number of hydrogen-bond donors (Lipinski definition) is 0. The summed E-state index contributed by atoms with van der Waals surface area (Å²) in [6.45, 7) is 0. The number of fused-ring (bicyclic) bond motifs is 6. The predicted octanol–water partition coefficient (Wildman–Crippen LogP) is 18.9. The van der Waals surface area contributed by atoms with Gasteiger partial charge in [-0.15, -0.1) is 0 Å². The van der Waals surface area contributed by atoms with Gasteiger partial charge in [0.1, 0.15) is 6.07 Å². The van der Waals surface area contributed by atoms with E-state index >= 15 is 0 Å². The summed E-state index contributed by atoms with van der Waals surface area (Å²) in [6.07, 6.45) is -31.9. The van der Waals surface area contributed by atoms with Gasteiger partial charge in [-0.2, -0.15) is 84.3 Å². The van der Waals surface area contributed by atoms with Crippen LogP contribution in [-0.4, -0.2) is 9.13 Å². The van der Waals surface area contributed by atoms with E-state index in [0.717, 1.165) is 24.3 Å². The van der Waals surface area contributed by atoms with Crippen molar-refractivity contribution in [1.82, 2.24) is 9.13 Å². The summed E-state index contributed by atoms with van der Waals surface area (Å²) in [5, 5.41) is 12.1. The van der Waals surface area contributed by atoms with Crippen LogP contribution >= 0.6 is 0 Å². The van der Waals surface area contributed by atoms with E-state index in [-0.39, 0.29) is 73.5 Å². The first-order valence-electron chi connectivity index (χ1n) is 22.0. The van der Waals surface area contributed by atoms with Crippen molar-refractivity contribution in [1.29, 1.82) is 5.26 Å². The highest BCUT2D eigenvalue weighted by Crippen LogP contribution is 2.48. The van der Waals surface area contributed by atoms with E-state index < -0.39 is 98.3 Å². The molecule has 0 fully saturated rings. The van der Waals surface area contributed by atoms with Crippen molar-refractivity contribution in [2.45, 2.75) is 37.1 Å². The first-order chi connectivity index (χ1) is 35.4. The molecule has 0 N–H and O–H groups in total. The lowest BCUT2D eigenvalue weighted by atomic mass is 9.94. The quantitative estimate of drug-likeness (QED) is 0.158. The number of rotatable bonds is 5. The van der Waals surface area contributed by atoms with E-state index in [9.17, 15) is 84.3 Å². The van der Waals surface area contributed by atoms with Gasteiger partial charge in [0.2, 0.25) is 0 Å². The zero-order chi connectivity index (χ0) is 54.8. The van der Waals surface area contributed by atoms with Crippen LogP contribution in [0.4, 0.5) is 79.0 Å². The summed E-state index contributed by atoms with van der Waals surface area (Å²) in [6, 6.07) is 25.9. The second-order valence-corrected chi connectivity index (χ2v) is 17.5. The van der Waals surface area contributed by atoms with Gasteiger partial charge >= 0.3 is 37.1 Å². The van der Waals surface area contributed by atoms with Crippen molar-refractivity contribution >= 4 is 43.6 Å². The van der Waals surface area contributed by atoms with Crippen LogP contribution in [-0.2, 0) is 37.1 Å². The van der Waals surface area contributed by atoms with Gasteiger partial charge in [0.25, 0.3) is 0 Å². The van der Waals surface area contributed by atoms with E-state index in [1.807, 2.05) is 6.07 Å². The lowest BCUT2D eigenvalue weighted by Gasteiger charge is -2.21. The number of nitriles is 1. The highest BCUT2D eigenvalue weighted by atomic mass is 19.4. The van der Waals surface area contributed by atoms with Crippen LogP contribution in [0.15, 0.2) is 152 Å². The molecule has 2 aromatic heterocycles. The topological polar surface area (TPSA) is 33.6 Å². The van der Waals surface area contributed by atoms with Crippen molar-refractivity contribution in [2.24, 2.45) is 0 Å². The second-order valence-electron chi connectivity index (χ2n) is 17.5. The molecule has 0 spiro atoms. The smallest absolute Gasteiger partial charge is 0.309 e. The van der Waals surface area contributed by atoms with Crippen molar-refractivity contribution in [3.05, 3.63) is 191 Å². The molecule has 0 atom stereocenters. The van der Waals surface area contributed by atoms with E-state index in [2.05, 4.69) is 0 Å². The number of para-hydroxylation sites is 2. The van der Waals surface area contributed by atoms with E-state index in [4.69, 9.17) is 0 Å². The number of alkyl halides is 18. The fourth-order valence-electron chi connectivity index (χ4n) is 9.59. The molecule has 8 aromatic carbocycles. The molecule has 3 nitrogen and oxygen atoms in total. The standard InChI is InChI=1S/C55H25F18N3/c56-50(57,58)31-11-15-35(42(23-31)54(68,69)70)27-9-13-39-37-5-1-3-7-44(37)75(47(39)19-27)46-25-41(29-17-33(52(62,63)64)22-34(18-29)53(65,66)67)49(21-30(46)26-74)76-45-8-4-2-6-38(45)40-14-10-28(20-48(40)76)36-16-12-32(51(59,60)61)24-43(36)55(71,72)73/h1-25H. The van der Waals surface area contributed by atoms with E-state index in [1.54, 1.807) is 12.1 Å². The molecule has 76 heavy (non-hydrogen) atoms. The average molecular weight is 1070 g/mol. The summed E-state index contributed by atoms with van der Waals surface area (Å²) in [5.41, 5.74) is -14.5. The van der Waals surface area contributed by atoms with Gasteiger partial charge in [-0.3, -0.25) is 0 Å². The number of aromatic nitrogens is 2. The maximum Gasteiger partial charge on any atom is 0.417 e. The fourth-order valence-corrected chi connectivity index (χ4v) is 9.59. The van der Waals surface area contributed by atoms with Crippen LogP contribution in [0.1, 0.15) is 38.9 Å². The molecule has 21 heteroatoms. The molecule has 0 aliphatic rings. The minimum absolute atomic E-state index is 0.0412. The summed E-state index contributed by atoms with van der Waals surface area (Å²) in [4.78, 5) is 0. The van der Waals surface area contributed by atoms with Gasteiger partial charge < -0.3 is 9.13 Å². The van der Waals surface area contributed by atoms with Gasteiger partial charge in [0.15, 0.2) is 0 Å². The minimum Gasteiger partial charge on any atom is -0.309 e. The number of benzene rings is 8. The van der Waals surface area contributed by atoms with Gasteiger partial charge in [-0.05, 0) is 107 Å². The van der Waals surface area contributed by atoms with Crippen molar-refractivity contribution < 1.29 is 79.0 Å². The Hall–Kier alpha value is -8.41. The Labute approximate surface area is 414 Å². The summed E-state index contributed by atoms with van der Waals surface area (Å²) in [5.74, 6) is 0. The van der Waals surface area contributed by atoms with E-state index in [0.29, 0.717) is 47.2 Å². The molecule has 0 aliphatic heterocycles. The third-order valence-electron chi connectivity index (χ3n) is 12.9. The molecule has 10 aromatic rings. The molecule has 10 rings (SSSR count). The Morgan fingerprint density at radius 1 is 0.303 bits per heavy atom. The normalized spacial score (nSPS) is 13.1. The first-order valence-corrected chi connectivity index (χ1v) is 22.0. The highest BCUT2D eigenvalue weighted by molar-refractivity contribution is 6.12. The van der Waals surface area contributed by atoms with Crippen LogP contribution in [0.3, 0.4) is 0 Å². The maximum absolute atomic E-state index is 14.7. The van der Waals surface area contributed by atoms with Crippen molar-refractivity contribution in [2.75, 3.05) is 0 Å². The number of nitrogens with zero attached hydrogens (tertiary/aromatic N) is 3. The van der Waals surface area contributed by atoms with Gasteiger partial charge in [-0.25, -0.2) is 0 Å². The van der Waals surface area contributed by atoms with Gasteiger partial charge in [0, 0.05) is 27.1 Å². The Morgan fingerprint density at radius 2 is 0.697 bits per heavy atom. The Bertz CT molecular complexity index is 4010. The van der Waals surface area contributed by atoms with Crippen LogP contribution in [0.25, 0.3) is 88.4 Å². The van der Waals surface area contributed by atoms with Crippen LogP contribution in [0.5, 0.6) is 0 Å². The third-order valence-corrected chi connectivity index (χ3v) is 12.9. The monoisotopic (exact) mass is 1070 g/mol.